The zero-order chi connectivity index (χ0) is 31.0. The molecule has 0 atom stereocenters. The van der Waals surface area contributed by atoms with Gasteiger partial charge in [0.1, 0.15) is 0 Å². The molecule has 1 aliphatic heterocycles. The van der Waals surface area contributed by atoms with Crippen LogP contribution in [0.4, 0.5) is 0 Å². The maximum absolute atomic E-state index is 5.17. The highest BCUT2D eigenvalue weighted by atomic mass is 32.2. The van der Waals surface area contributed by atoms with E-state index in [0.29, 0.717) is 0 Å². The second-order valence-electron chi connectivity index (χ2n) is 12.1. The van der Waals surface area contributed by atoms with E-state index in [1.54, 1.807) is 0 Å². The molecular weight excluding hydrogens is 609 g/mol. The first-order chi connectivity index (χ1) is 23.3. The van der Waals surface area contributed by atoms with Crippen molar-refractivity contribution in [1.82, 2.24) is 9.97 Å². The normalized spacial score (nSPS) is 13.6. The second kappa shape index (κ2) is 10.4. The lowest BCUT2D eigenvalue weighted by atomic mass is 9.67. The molecule has 0 saturated heterocycles. The van der Waals surface area contributed by atoms with Crippen molar-refractivity contribution in [3.63, 3.8) is 0 Å². The van der Waals surface area contributed by atoms with E-state index in [1.165, 1.54) is 53.3 Å². The Labute approximate surface area is 281 Å². The van der Waals surface area contributed by atoms with Gasteiger partial charge in [-0.3, -0.25) is 0 Å². The highest BCUT2D eigenvalue weighted by Gasteiger charge is 2.50. The summed E-state index contributed by atoms with van der Waals surface area (Å²) in [6.07, 6.45) is 0. The molecule has 0 N–H and O–H groups in total. The van der Waals surface area contributed by atoms with Crippen LogP contribution in [0.1, 0.15) is 22.3 Å². The van der Waals surface area contributed by atoms with Gasteiger partial charge in [0.05, 0.1) is 21.7 Å². The monoisotopic (exact) mass is 634 g/mol. The van der Waals surface area contributed by atoms with E-state index >= 15 is 0 Å². The average Bonchev–Trinajstić information content (AvgIpc) is 3.71. The lowest BCUT2D eigenvalue weighted by Crippen LogP contribution is -2.31. The quantitative estimate of drug-likeness (QED) is 0.193. The van der Waals surface area contributed by atoms with E-state index in [1.807, 2.05) is 47.4 Å². The van der Waals surface area contributed by atoms with Gasteiger partial charge < -0.3 is 0 Å². The fourth-order valence-corrected chi connectivity index (χ4v) is 9.98. The van der Waals surface area contributed by atoms with E-state index < -0.39 is 0 Å². The Balaban J connectivity index is 1.24. The van der Waals surface area contributed by atoms with E-state index in [-0.39, 0.29) is 5.41 Å². The van der Waals surface area contributed by atoms with Crippen LogP contribution in [-0.4, -0.2) is 9.97 Å². The highest BCUT2D eigenvalue weighted by Crippen LogP contribution is 2.63. The number of benzene rings is 6. The molecule has 1 spiro atoms. The molecule has 2 aromatic heterocycles. The van der Waals surface area contributed by atoms with Crippen molar-refractivity contribution in [3.8, 4) is 44.3 Å². The molecule has 0 bridgehead atoms. The number of thiophene rings is 1. The maximum atomic E-state index is 5.17. The summed E-state index contributed by atoms with van der Waals surface area (Å²) in [7, 11) is 0. The molecule has 0 amide bonds. The van der Waals surface area contributed by atoms with Gasteiger partial charge in [-0.2, -0.15) is 0 Å². The smallest absolute Gasteiger partial charge is 0.160 e. The van der Waals surface area contributed by atoms with Gasteiger partial charge in [0.2, 0.25) is 0 Å². The third-order valence-corrected chi connectivity index (χ3v) is 11.9. The maximum Gasteiger partial charge on any atom is 0.160 e. The van der Waals surface area contributed by atoms with Crippen LogP contribution in [0, 0.1) is 0 Å². The number of fused-ring (bicyclic) bond motifs is 11. The Morgan fingerprint density at radius 1 is 0.468 bits per heavy atom. The van der Waals surface area contributed by atoms with E-state index in [2.05, 4.69) is 133 Å². The Kier molecular flexibility index (Phi) is 5.93. The minimum atomic E-state index is -0.376. The first kappa shape index (κ1) is 26.9. The summed E-state index contributed by atoms with van der Waals surface area (Å²) in [5, 5.41) is 1.24. The van der Waals surface area contributed by atoms with Gasteiger partial charge in [-0.25, -0.2) is 9.97 Å². The van der Waals surface area contributed by atoms with Gasteiger partial charge in [0.15, 0.2) is 5.82 Å². The number of nitrogens with zero attached hydrogens (tertiary/aromatic N) is 2. The first-order valence-electron chi connectivity index (χ1n) is 15.8. The molecular formula is C43H26N2S2. The van der Waals surface area contributed by atoms with Gasteiger partial charge in [0, 0.05) is 31.2 Å². The second-order valence-corrected chi connectivity index (χ2v) is 14.2. The van der Waals surface area contributed by atoms with Crippen molar-refractivity contribution in [2.24, 2.45) is 0 Å². The average molecular weight is 635 g/mol. The fraction of sp³-hybridized carbons (Fsp3) is 0.0233. The largest absolute Gasteiger partial charge is 0.228 e. The molecule has 6 aromatic carbocycles. The molecule has 0 saturated carbocycles. The Bertz CT molecular complexity index is 2400. The van der Waals surface area contributed by atoms with Crippen LogP contribution in [0.3, 0.4) is 0 Å². The summed E-state index contributed by atoms with van der Waals surface area (Å²) in [5.74, 6) is 0.738. The third kappa shape index (κ3) is 3.92. The summed E-state index contributed by atoms with van der Waals surface area (Å²) in [5.41, 5.74) is 11.7. The topological polar surface area (TPSA) is 25.8 Å². The molecule has 0 fully saturated rings. The summed E-state index contributed by atoms with van der Waals surface area (Å²) in [6, 6.07) is 56.9. The first-order valence-corrected chi connectivity index (χ1v) is 17.5. The predicted octanol–water partition coefficient (Wildman–Crippen LogP) is 11.5. The van der Waals surface area contributed by atoms with Crippen LogP contribution in [0.5, 0.6) is 0 Å². The summed E-state index contributed by atoms with van der Waals surface area (Å²) in [4.78, 5) is 14.0. The molecule has 1 aliphatic carbocycles. The van der Waals surface area contributed by atoms with Gasteiger partial charge in [-0.15, -0.1) is 11.3 Å². The minimum absolute atomic E-state index is 0.376. The molecule has 220 valence electrons. The minimum Gasteiger partial charge on any atom is -0.228 e. The van der Waals surface area contributed by atoms with Gasteiger partial charge in [0.25, 0.3) is 0 Å². The molecule has 0 radical (unpaired) electrons. The highest BCUT2D eigenvalue weighted by molar-refractivity contribution is 7.99. The molecule has 2 nitrogen and oxygen atoms in total. The van der Waals surface area contributed by atoms with Crippen LogP contribution in [0.2, 0.25) is 0 Å². The number of hydrogen-bond acceptors (Lipinski definition) is 4. The van der Waals surface area contributed by atoms with E-state index in [4.69, 9.17) is 9.97 Å². The number of rotatable bonds is 3. The Morgan fingerprint density at radius 2 is 1.06 bits per heavy atom. The Hall–Kier alpha value is -5.29. The fourth-order valence-electron chi connectivity index (χ4n) is 7.60. The van der Waals surface area contributed by atoms with Crippen LogP contribution < -0.4 is 0 Å². The van der Waals surface area contributed by atoms with Crippen LogP contribution in [0.15, 0.2) is 168 Å². The summed E-state index contributed by atoms with van der Waals surface area (Å²) in [6.45, 7) is 0. The Morgan fingerprint density at radius 3 is 1.79 bits per heavy atom. The number of aromatic nitrogens is 2. The van der Waals surface area contributed by atoms with Crippen molar-refractivity contribution in [1.29, 1.82) is 0 Å². The van der Waals surface area contributed by atoms with Crippen molar-refractivity contribution < 1.29 is 0 Å². The summed E-state index contributed by atoms with van der Waals surface area (Å²) < 4.78 is 1.30. The van der Waals surface area contributed by atoms with Gasteiger partial charge in [-0.05, 0) is 57.5 Å². The lowest BCUT2D eigenvalue weighted by molar-refractivity contribution is 0.723. The van der Waals surface area contributed by atoms with E-state index in [9.17, 15) is 0 Å². The molecule has 0 unspecified atom stereocenters. The van der Waals surface area contributed by atoms with Gasteiger partial charge in [-0.1, -0.05) is 145 Å². The zero-order valence-electron chi connectivity index (χ0n) is 25.2. The number of hydrogen-bond donors (Lipinski definition) is 0. The standard InChI is InChI=1S/C43H26N2S2/c1-3-13-27(14-4-1)35-26-36(45-42(44-35)28-15-5-2-6-16-28)39-25-29-23-24-34-40(41(29)47-39)30-17-7-8-18-31(30)43(34)32-19-9-11-21-37(32)46-38-22-12-10-20-33(38)43/h1-26H. The molecule has 4 heteroatoms. The van der Waals surface area contributed by atoms with Gasteiger partial charge >= 0.3 is 0 Å². The molecule has 10 rings (SSSR count). The van der Waals surface area contributed by atoms with Crippen molar-refractivity contribution >= 4 is 33.2 Å². The van der Waals surface area contributed by atoms with Crippen LogP contribution in [-0.2, 0) is 5.41 Å². The lowest BCUT2D eigenvalue weighted by Gasteiger charge is -2.39. The van der Waals surface area contributed by atoms with Crippen molar-refractivity contribution in [3.05, 3.63) is 180 Å². The van der Waals surface area contributed by atoms with Crippen LogP contribution >= 0.6 is 23.1 Å². The van der Waals surface area contributed by atoms with Crippen LogP contribution in [0.25, 0.3) is 54.4 Å². The summed E-state index contributed by atoms with van der Waals surface area (Å²) >= 11 is 3.73. The molecule has 2 aliphatic rings. The predicted molar refractivity (Wildman–Crippen MR) is 195 cm³/mol. The molecule has 3 heterocycles. The van der Waals surface area contributed by atoms with E-state index in [0.717, 1.165) is 33.2 Å². The molecule has 8 aromatic rings. The SMILES string of the molecule is c1ccc(-c2cc(-c3cc4ccc5c(c4s3)-c3ccccc3C53c4ccccc4Sc4ccccc43)nc(-c3ccccc3)n2)cc1. The third-order valence-electron chi connectivity index (χ3n) is 9.57. The van der Waals surface area contributed by atoms with Crippen molar-refractivity contribution in [2.75, 3.05) is 0 Å². The molecule has 47 heavy (non-hydrogen) atoms. The zero-order valence-corrected chi connectivity index (χ0v) is 26.9. The van der Waals surface area contributed by atoms with Crippen molar-refractivity contribution in [2.45, 2.75) is 15.2 Å².